The smallest absolute Gasteiger partial charge is 0.338 e. The van der Waals surface area contributed by atoms with Crippen molar-refractivity contribution in [1.82, 2.24) is 5.32 Å². The standard InChI is InChI=1S/C15H19F3N2O/c16-15(17,18)12-6-8-13(9-7-12)20-14(21)19-10-11-4-2-1-3-5-11/h6-9,11H,1-5,10H2,(H2,19,20,21). The van der Waals surface area contributed by atoms with Crippen molar-refractivity contribution in [3.8, 4) is 0 Å². The van der Waals surface area contributed by atoms with Gasteiger partial charge in [0.05, 0.1) is 5.56 Å². The number of alkyl halides is 3. The number of anilines is 1. The molecule has 1 aromatic carbocycles. The van der Waals surface area contributed by atoms with Crippen LogP contribution in [-0.2, 0) is 6.18 Å². The molecule has 0 radical (unpaired) electrons. The summed E-state index contributed by atoms with van der Waals surface area (Å²) in [6.07, 6.45) is 1.55. The van der Waals surface area contributed by atoms with Crippen molar-refractivity contribution in [1.29, 1.82) is 0 Å². The Labute approximate surface area is 121 Å². The van der Waals surface area contributed by atoms with E-state index in [9.17, 15) is 18.0 Å². The molecule has 1 fully saturated rings. The highest BCUT2D eigenvalue weighted by atomic mass is 19.4. The van der Waals surface area contributed by atoms with E-state index in [4.69, 9.17) is 0 Å². The Morgan fingerprint density at radius 2 is 1.71 bits per heavy atom. The highest BCUT2D eigenvalue weighted by Crippen LogP contribution is 2.29. The van der Waals surface area contributed by atoms with Crippen LogP contribution in [0.25, 0.3) is 0 Å². The number of hydrogen-bond acceptors (Lipinski definition) is 1. The molecule has 6 heteroatoms. The van der Waals surface area contributed by atoms with Gasteiger partial charge in [-0.3, -0.25) is 0 Å². The number of benzene rings is 1. The summed E-state index contributed by atoms with van der Waals surface area (Å²) in [6, 6.07) is 4.04. The van der Waals surface area contributed by atoms with Crippen LogP contribution in [0.2, 0.25) is 0 Å². The van der Waals surface area contributed by atoms with Gasteiger partial charge in [0.2, 0.25) is 0 Å². The predicted molar refractivity (Wildman–Crippen MR) is 75.0 cm³/mol. The Bertz CT molecular complexity index is 465. The summed E-state index contributed by atoms with van der Waals surface area (Å²) in [5, 5.41) is 5.32. The second-order valence-corrected chi connectivity index (χ2v) is 5.41. The Morgan fingerprint density at radius 1 is 1.10 bits per heavy atom. The molecule has 21 heavy (non-hydrogen) atoms. The van der Waals surface area contributed by atoms with Crippen LogP contribution in [0.5, 0.6) is 0 Å². The lowest BCUT2D eigenvalue weighted by Gasteiger charge is -2.21. The normalized spacial score (nSPS) is 16.5. The zero-order valence-electron chi connectivity index (χ0n) is 11.7. The highest BCUT2D eigenvalue weighted by Gasteiger charge is 2.29. The van der Waals surface area contributed by atoms with E-state index in [1.165, 1.54) is 31.4 Å². The molecule has 0 spiro atoms. The molecule has 1 aliphatic carbocycles. The largest absolute Gasteiger partial charge is 0.416 e. The maximum absolute atomic E-state index is 12.4. The first-order valence-electron chi connectivity index (χ1n) is 7.17. The van der Waals surface area contributed by atoms with E-state index < -0.39 is 11.7 Å². The fraction of sp³-hybridized carbons (Fsp3) is 0.533. The second-order valence-electron chi connectivity index (χ2n) is 5.41. The van der Waals surface area contributed by atoms with Gasteiger partial charge in [0, 0.05) is 12.2 Å². The van der Waals surface area contributed by atoms with Gasteiger partial charge in [0.15, 0.2) is 0 Å². The number of rotatable bonds is 3. The molecule has 1 saturated carbocycles. The number of hydrogen-bond donors (Lipinski definition) is 2. The van der Waals surface area contributed by atoms with Gasteiger partial charge in [-0.2, -0.15) is 13.2 Å². The Kier molecular flexibility index (Phi) is 5.09. The topological polar surface area (TPSA) is 41.1 Å². The van der Waals surface area contributed by atoms with E-state index in [1.807, 2.05) is 0 Å². The summed E-state index contributed by atoms with van der Waals surface area (Å²) < 4.78 is 37.2. The van der Waals surface area contributed by atoms with Gasteiger partial charge in [-0.25, -0.2) is 4.79 Å². The number of carbonyl (C=O) groups is 1. The Balaban J connectivity index is 1.79. The van der Waals surface area contributed by atoms with Crippen LogP contribution in [0.3, 0.4) is 0 Å². The monoisotopic (exact) mass is 300 g/mol. The van der Waals surface area contributed by atoms with Gasteiger partial charge >= 0.3 is 12.2 Å². The van der Waals surface area contributed by atoms with Gasteiger partial charge < -0.3 is 10.6 Å². The van der Waals surface area contributed by atoms with E-state index in [2.05, 4.69) is 10.6 Å². The van der Waals surface area contributed by atoms with Crippen molar-refractivity contribution in [3.63, 3.8) is 0 Å². The SMILES string of the molecule is O=C(NCC1CCCCC1)Nc1ccc(C(F)(F)F)cc1. The molecule has 2 N–H and O–H groups in total. The summed E-state index contributed by atoms with van der Waals surface area (Å²) in [5.41, 5.74) is -0.375. The van der Waals surface area contributed by atoms with Crippen LogP contribution in [0, 0.1) is 5.92 Å². The molecule has 2 rings (SSSR count). The van der Waals surface area contributed by atoms with Crippen molar-refractivity contribution >= 4 is 11.7 Å². The molecule has 0 saturated heterocycles. The van der Waals surface area contributed by atoms with Crippen LogP contribution in [-0.4, -0.2) is 12.6 Å². The molecular formula is C15H19F3N2O. The molecule has 0 bridgehead atoms. The first-order chi connectivity index (χ1) is 9.95. The van der Waals surface area contributed by atoms with Crippen LogP contribution < -0.4 is 10.6 Å². The van der Waals surface area contributed by atoms with Crippen molar-refractivity contribution in [2.45, 2.75) is 38.3 Å². The lowest BCUT2D eigenvalue weighted by Crippen LogP contribution is -2.33. The quantitative estimate of drug-likeness (QED) is 0.853. The molecule has 0 aromatic heterocycles. The van der Waals surface area contributed by atoms with E-state index in [-0.39, 0.29) is 6.03 Å². The van der Waals surface area contributed by atoms with Crippen LogP contribution in [0.4, 0.5) is 23.7 Å². The lowest BCUT2D eigenvalue weighted by molar-refractivity contribution is -0.137. The summed E-state index contributed by atoms with van der Waals surface area (Å²) in [7, 11) is 0. The number of amides is 2. The molecule has 0 unspecified atom stereocenters. The third-order valence-electron chi connectivity index (χ3n) is 3.75. The number of urea groups is 1. The fourth-order valence-corrected chi connectivity index (χ4v) is 2.55. The van der Waals surface area contributed by atoms with E-state index >= 15 is 0 Å². The molecule has 116 valence electrons. The van der Waals surface area contributed by atoms with Crippen molar-refractivity contribution in [3.05, 3.63) is 29.8 Å². The first-order valence-corrected chi connectivity index (χ1v) is 7.17. The molecule has 1 aliphatic rings. The maximum Gasteiger partial charge on any atom is 0.416 e. The third kappa shape index (κ3) is 4.95. The molecule has 0 aliphatic heterocycles. The van der Waals surface area contributed by atoms with Crippen LogP contribution >= 0.6 is 0 Å². The minimum Gasteiger partial charge on any atom is -0.338 e. The number of nitrogens with one attached hydrogen (secondary N) is 2. The summed E-state index contributed by atoms with van der Waals surface area (Å²) in [5.74, 6) is 0.511. The van der Waals surface area contributed by atoms with Crippen molar-refractivity contribution in [2.24, 2.45) is 5.92 Å². The molecule has 0 atom stereocenters. The van der Waals surface area contributed by atoms with Crippen molar-refractivity contribution < 1.29 is 18.0 Å². The predicted octanol–water partition coefficient (Wildman–Crippen LogP) is 4.41. The minimum atomic E-state index is -4.36. The summed E-state index contributed by atoms with van der Waals surface area (Å²) >= 11 is 0. The third-order valence-corrected chi connectivity index (χ3v) is 3.75. The average molecular weight is 300 g/mol. The molecular weight excluding hydrogens is 281 g/mol. The highest BCUT2D eigenvalue weighted by molar-refractivity contribution is 5.89. The van der Waals surface area contributed by atoms with Crippen LogP contribution in [0.15, 0.2) is 24.3 Å². The van der Waals surface area contributed by atoms with Gasteiger partial charge in [-0.1, -0.05) is 19.3 Å². The zero-order valence-corrected chi connectivity index (χ0v) is 11.7. The zero-order chi connectivity index (χ0) is 15.3. The van der Waals surface area contributed by atoms with Crippen molar-refractivity contribution in [2.75, 3.05) is 11.9 Å². The second kappa shape index (κ2) is 6.83. The van der Waals surface area contributed by atoms with Crippen LogP contribution in [0.1, 0.15) is 37.7 Å². The van der Waals surface area contributed by atoms with E-state index in [0.717, 1.165) is 25.0 Å². The van der Waals surface area contributed by atoms with Gasteiger partial charge in [0.1, 0.15) is 0 Å². The Hall–Kier alpha value is -1.72. The molecule has 3 nitrogen and oxygen atoms in total. The van der Waals surface area contributed by atoms with Gasteiger partial charge in [-0.05, 0) is 43.0 Å². The van der Waals surface area contributed by atoms with Gasteiger partial charge in [-0.15, -0.1) is 0 Å². The average Bonchev–Trinajstić information content (AvgIpc) is 2.46. The van der Waals surface area contributed by atoms with E-state index in [0.29, 0.717) is 18.2 Å². The fourth-order valence-electron chi connectivity index (χ4n) is 2.55. The lowest BCUT2D eigenvalue weighted by atomic mass is 9.89. The number of carbonyl (C=O) groups excluding carboxylic acids is 1. The summed E-state index contributed by atoms with van der Waals surface area (Å²) in [4.78, 5) is 11.7. The maximum atomic E-state index is 12.4. The first kappa shape index (κ1) is 15.7. The number of halogens is 3. The molecule has 1 aromatic rings. The summed E-state index contributed by atoms with van der Waals surface area (Å²) in [6.45, 7) is 0.618. The molecule has 2 amide bonds. The van der Waals surface area contributed by atoms with Gasteiger partial charge in [0.25, 0.3) is 0 Å². The Morgan fingerprint density at radius 3 is 2.29 bits per heavy atom. The minimum absolute atomic E-state index is 0.351. The molecule has 0 heterocycles. The van der Waals surface area contributed by atoms with E-state index in [1.54, 1.807) is 0 Å².